The fourth-order valence-corrected chi connectivity index (χ4v) is 5.69. The predicted molar refractivity (Wildman–Crippen MR) is 156 cm³/mol. The molecule has 4 heteroatoms. The Labute approximate surface area is 219 Å². The van der Waals surface area contributed by atoms with Crippen LogP contribution in [-0.4, -0.2) is 19.1 Å². The molecule has 0 bridgehead atoms. The second-order valence-electron chi connectivity index (χ2n) is 9.52. The number of hydrogen-bond donors (Lipinski definition) is 0. The van der Waals surface area contributed by atoms with Crippen LogP contribution < -0.4 is 0 Å². The van der Waals surface area contributed by atoms with Crippen LogP contribution >= 0.6 is 0 Å². The number of benzene rings is 5. The van der Waals surface area contributed by atoms with Crippen LogP contribution in [0.3, 0.4) is 0 Å². The van der Waals surface area contributed by atoms with E-state index in [-0.39, 0.29) is 0 Å². The third-order valence-electron chi connectivity index (χ3n) is 7.38. The van der Waals surface area contributed by atoms with Crippen molar-refractivity contribution in [1.82, 2.24) is 19.1 Å². The van der Waals surface area contributed by atoms with Gasteiger partial charge in [0.1, 0.15) is 5.69 Å². The SMILES string of the molecule is c1ccc(-n2ccc3nc(-n4c5ccccc5c5ccccc54)nc(-c4cccc5ccccc45)c32)cc1. The fraction of sp³-hybridized carbons (Fsp3) is 0. The zero-order valence-corrected chi connectivity index (χ0v) is 20.5. The van der Waals surface area contributed by atoms with Gasteiger partial charge in [0.25, 0.3) is 0 Å². The first kappa shape index (κ1) is 20.9. The van der Waals surface area contributed by atoms with Crippen LogP contribution in [-0.2, 0) is 0 Å². The van der Waals surface area contributed by atoms with Gasteiger partial charge in [0, 0.05) is 28.2 Å². The van der Waals surface area contributed by atoms with Crippen LogP contribution in [0.4, 0.5) is 0 Å². The molecule has 0 atom stereocenters. The van der Waals surface area contributed by atoms with E-state index in [1.165, 1.54) is 21.5 Å². The molecule has 0 aliphatic heterocycles. The molecule has 0 N–H and O–H groups in total. The van der Waals surface area contributed by atoms with E-state index >= 15 is 0 Å². The van der Waals surface area contributed by atoms with Crippen LogP contribution in [0.5, 0.6) is 0 Å². The van der Waals surface area contributed by atoms with E-state index < -0.39 is 0 Å². The summed E-state index contributed by atoms with van der Waals surface area (Å²) in [6.45, 7) is 0. The van der Waals surface area contributed by atoms with Gasteiger partial charge in [-0.3, -0.25) is 4.57 Å². The van der Waals surface area contributed by atoms with Crippen LogP contribution in [0.1, 0.15) is 0 Å². The zero-order chi connectivity index (χ0) is 25.1. The summed E-state index contributed by atoms with van der Waals surface area (Å²) in [4.78, 5) is 10.5. The molecule has 38 heavy (non-hydrogen) atoms. The van der Waals surface area contributed by atoms with E-state index in [4.69, 9.17) is 9.97 Å². The summed E-state index contributed by atoms with van der Waals surface area (Å²) in [5.41, 5.74) is 7.18. The summed E-state index contributed by atoms with van der Waals surface area (Å²) in [7, 11) is 0. The minimum Gasteiger partial charge on any atom is -0.313 e. The fourth-order valence-electron chi connectivity index (χ4n) is 5.69. The Morgan fingerprint density at radius 2 is 1.13 bits per heavy atom. The summed E-state index contributed by atoms with van der Waals surface area (Å²) in [6.07, 6.45) is 2.10. The summed E-state index contributed by atoms with van der Waals surface area (Å²) < 4.78 is 4.39. The van der Waals surface area contributed by atoms with Crippen LogP contribution in [0.15, 0.2) is 134 Å². The van der Waals surface area contributed by atoms with E-state index in [1.54, 1.807) is 0 Å². The number of hydrogen-bond acceptors (Lipinski definition) is 2. The highest BCUT2D eigenvalue weighted by molar-refractivity contribution is 6.09. The molecule has 0 unspecified atom stereocenters. The molecule has 0 radical (unpaired) electrons. The minimum atomic E-state index is 0.670. The van der Waals surface area contributed by atoms with Crippen molar-refractivity contribution in [2.75, 3.05) is 0 Å². The van der Waals surface area contributed by atoms with Gasteiger partial charge in [0.15, 0.2) is 0 Å². The van der Waals surface area contributed by atoms with Gasteiger partial charge >= 0.3 is 0 Å². The van der Waals surface area contributed by atoms with Gasteiger partial charge in [0.05, 0.1) is 22.1 Å². The van der Waals surface area contributed by atoms with Crippen molar-refractivity contribution in [1.29, 1.82) is 0 Å². The summed E-state index contributed by atoms with van der Waals surface area (Å²) >= 11 is 0. The van der Waals surface area contributed by atoms with Gasteiger partial charge in [-0.2, -0.15) is 0 Å². The van der Waals surface area contributed by atoms with Crippen LogP contribution in [0.2, 0.25) is 0 Å². The lowest BCUT2D eigenvalue weighted by atomic mass is 10.0. The largest absolute Gasteiger partial charge is 0.313 e. The first-order chi connectivity index (χ1) is 18.9. The number of fused-ring (bicyclic) bond motifs is 5. The number of nitrogens with zero attached hydrogens (tertiary/aromatic N) is 4. The van der Waals surface area contributed by atoms with E-state index in [9.17, 15) is 0 Å². The Balaban J connectivity index is 1.52. The quantitative estimate of drug-likeness (QED) is 0.252. The van der Waals surface area contributed by atoms with E-state index in [0.29, 0.717) is 5.95 Å². The smallest absolute Gasteiger partial charge is 0.235 e. The van der Waals surface area contributed by atoms with Crippen molar-refractivity contribution in [3.8, 4) is 22.9 Å². The highest BCUT2D eigenvalue weighted by Gasteiger charge is 2.20. The number of rotatable bonds is 3. The Morgan fingerprint density at radius 1 is 0.500 bits per heavy atom. The Morgan fingerprint density at radius 3 is 1.89 bits per heavy atom. The first-order valence-electron chi connectivity index (χ1n) is 12.8. The van der Waals surface area contributed by atoms with Crippen LogP contribution in [0.25, 0.3) is 66.5 Å². The maximum absolute atomic E-state index is 5.35. The molecule has 0 spiro atoms. The lowest BCUT2D eigenvalue weighted by molar-refractivity contribution is 1.01. The Hall–Kier alpha value is -5.22. The van der Waals surface area contributed by atoms with Crippen molar-refractivity contribution in [2.45, 2.75) is 0 Å². The van der Waals surface area contributed by atoms with Crippen LogP contribution in [0, 0.1) is 0 Å². The molecule has 0 saturated heterocycles. The number of aromatic nitrogens is 4. The highest BCUT2D eigenvalue weighted by Crippen LogP contribution is 2.36. The molecule has 0 aliphatic carbocycles. The topological polar surface area (TPSA) is 35.6 Å². The van der Waals surface area contributed by atoms with Gasteiger partial charge in [-0.25, -0.2) is 9.97 Å². The summed E-state index contributed by atoms with van der Waals surface area (Å²) in [5, 5.41) is 4.75. The van der Waals surface area contributed by atoms with Crippen molar-refractivity contribution in [2.24, 2.45) is 0 Å². The van der Waals surface area contributed by atoms with Gasteiger partial charge < -0.3 is 4.57 Å². The maximum atomic E-state index is 5.35. The molecule has 8 aromatic rings. The molecule has 178 valence electrons. The normalized spacial score (nSPS) is 11.7. The maximum Gasteiger partial charge on any atom is 0.235 e. The molecule has 0 saturated carbocycles. The van der Waals surface area contributed by atoms with Gasteiger partial charge in [0.2, 0.25) is 5.95 Å². The lowest BCUT2D eigenvalue weighted by Gasteiger charge is -2.14. The van der Waals surface area contributed by atoms with Gasteiger partial charge in [-0.15, -0.1) is 0 Å². The molecular weight excluding hydrogens is 464 g/mol. The molecule has 0 amide bonds. The lowest BCUT2D eigenvalue weighted by Crippen LogP contribution is -2.04. The zero-order valence-electron chi connectivity index (χ0n) is 20.5. The average Bonchev–Trinajstić information content (AvgIpc) is 3.56. The van der Waals surface area contributed by atoms with Gasteiger partial charge in [-0.1, -0.05) is 97.1 Å². The molecule has 4 nitrogen and oxygen atoms in total. The second-order valence-corrected chi connectivity index (χ2v) is 9.52. The van der Waals surface area contributed by atoms with E-state index in [0.717, 1.165) is 39.0 Å². The molecule has 5 aromatic carbocycles. The van der Waals surface area contributed by atoms with Crippen molar-refractivity contribution in [3.05, 3.63) is 134 Å². The monoisotopic (exact) mass is 486 g/mol. The molecule has 8 rings (SSSR count). The molecule has 0 aliphatic rings. The summed E-state index contributed by atoms with van der Waals surface area (Å²) in [6, 6.07) is 44.4. The third-order valence-corrected chi connectivity index (χ3v) is 7.38. The minimum absolute atomic E-state index is 0.670. The van der Waals surface area contributed by atoms with Gasteiger partial charge in [-0.05, 0) is 41.1 Å². The molecule has 3 heterocycles. The standard InChI is InChI=1S/C34H22N4/c1-2-13-24(14-3-1)37-22-21-29-33(37)32(28-18-10-12-23-11-4-5-15-25(23)28)36-34(35-29)38-30-19-8-6-16-26(30)27-17-7-9-20-31(27)38/h1-22H. The predicted octanol–water partition coefficient (Wildman–Crippen LogP) is 8.34. The number of para-hydroxylation sites is 3. The Bertz CT molecular complexity index is 2080. The van der Waals surface area contributed by atoms with Crippen molar-refractivity contribution in [3.63, 3.8) is 0 Å². The highest BCUT2D eigenvalue weighted by atomic mass is 15.2. The molecule has 0 fully saturated rings. The van der Waals surface area contributed by atoms with Crippen molar-refractivity contribution < 1.29 is 0 Å². The average molecular weight is 487 g/mol. The van der Waals surface area contributed by atoms with Crippen molar-refractivity contribution >= 4 is 43.6 Å². The molecular formula is C34H22N4. The third kappa shape index (κ3) is 3.04. The first-order valence-corrected chi connectivity index (χ1v) is 12.8. The Kier molecular flexibility index (Phi) is 4.49. The van der Waals surface area contributed by atoms with E-state index in [1.807, 2.05) is 6.07 Å². The molecule has 3 aromatic heterocycles. The van der Waals surface area contributed by atoms with E-state index in [2.05, 4.69) is 137 Å². The second kappa shape index (κ2) is 8.15. The summed E-state index contributed by atoms with van der Waals surface area (Å²) in [5.74, 6) is 0.670.